The van der Waals surface area contributed by atoms with Crippen LogP contribution in [0.15, 0.2) is 35.3 Å². The minimum Gasteiger partial charge on any atom is -0.379 e. The number of piperidine rings is 1. The first-order valence-electron chi connectivity index (χ1n) is 11.0. The maximum Gasteiger partial charge on any atom is 0.191 e. The molecule has 1 atom stereocenters. The minimum absolute atomic E-state index is 0. The van der Waals surface area contributed by atoms with Gasteiger partial charge in [0.15, 0.2) is 5.96 Å². The van der Waals surface area contributed by atoms with E-state index in [0.717, 1.165) is 58.4 Å². The van der Waals surface area contributed by atoms with Crippen molar-refractivity contribution in [2.24, 2.45) is 4.99 Å². The quantitative estimate of drug-likeness (QED) is 0.317. The van der Waals surface area contributed by atoms with Gasteiger partial charge < -0.3 is 20.3 Å². The molecule has 1 aromatic carbocycles. The Morgan fingerprint density at radius 3 is 2.45 bits per heavy atom. The van der Waals surface area contributed by atoms with Crippen molar-refractivity contribution in [3.63, 3.8) is 0 Å². The molecule has 7 heteroatoms. The lowest BCUT2D eigenvalue weighted by Crippen LogP contribution is -2.44. The maximum absolute atomic E-state index is 5.55. The third-order valence-corrected chi connectivity index (χ3v) is 5.61. The largest absolute Gasteiger partial charge is 0.379 e. The van der Waals surface area contributed by atoms with Crippen LogP contribution in [-0.2, 0) is 4.74 Å². The summed E-state index contributed by atoms with van der Waals surface area (Å²) in [6.07, 6.45) is 4.06. The summed E-state index contributed by atoms with van der Waals surface area (Å²) < 4.78 is 5.55. The Hall–Kier alpha value is -0.900. The fourth-order valence-electron chi connectivity index (χ4n) is 4.03. The summed E-state index contributed by atoms with van der Waals surface area (Å²) in [4.78, 5) is 10.00. The molecule has 0 bridgehead atoms. The van der Waals surface area contributed by atoms with Gasteiger partial charge in [0.1, 0.15) is 0 Å². The van der Waals surface area contributed by atoms with Crippen LogP contribution in [0.1, 0.15) is 37.8 Å². The lowest BCUT2D eigenvalue weighted by atomic mass is 10.1. The van der Waals surface area contributed by atoms with Crippen molar-refractivity contribution in [3.8, 4) is 0 Å². The normalized spacial score (nSPS) is 20.0. The summed E-state index contributed by atoms with van der Waals surface area (Å²) >= 11 is 0. The van der Waals surface area contributed by atoms with E-state index in [-0.39, 0.29) is 24.0 Å². The Morgan fingerprint density at radius 2 is 1.76 bits per heavy atom. The topological polar surface area (TPSA) is 52.1 Å². The molecule has 0 aromatic heterocycles. The van der Waals surface area contributed by atoms with Crippen LogP contribution in [-0.4, -0.2) is 81.3 Å². The number of hydrogen-bond acceptors (Lipinski definition) is 4. The van der Waals surface area contributed by atoms with Gasteiger partial charge in [0, 0.05) is 32.7 Å². The smallest absolute Gasteiger partial charge is 0.191 e. The highest BCUT2D eigenvalue weighted by Gasteiger charge is 2.22. The fraction of sp³-hybridized carbons (Fsp3) is 0.682. The number of guanidine groups is 1. The van der Waals surface area contributed by atoms with Crippen molar-refractivity contribution >= 4 is 29.9 Å². The summed E-state index contributed by atoms with van der Waals surface area (Å²) in [5.41, 5.74) is 1.33. The molecule has 1 unspecified atom stereocenters. The van der Waals surface area contributed by atoms with Crippen LogP contribution in [0.3, 0.4) is 0 Å². The van der Waals surface area contributed by atoms with Gasteiger partial charge in [-0.05, 0) is 38.4 Å². The minimum atomic E-state index is 0. The Balaban J connectivity index is 0.00000300. The van der Waals surface area contributed by atoms with Crippen molar-refractivity contribution in [3.05, 3.63) is 35.9 Å². The molecule has 3 rings (SSSR count). The second-order valence-corrected chi connectivity index (χ2v) is 7.62. The van der Waals surface area contributed by atoms with Gasteiger partial charge in [-0.3, -0.25) is 9.89 Å². The van der Waals surface area contributed by atoms with E-state index in [1.807, 2.05) is 0 Å². The molecular formula is C22H38IN5O. The molecule has 0 saturated carbocycles. The molecule has 0 radical (unpaired) electrons. The Kier molecular flexibility index (Phi) is 11.9. The number of nitrogens with zero attached hydrogens (tertiary/aromatic N) is 3. The SMILES string of the molecule is CCNC(=NCC(c1ccccc1)N1CCOCC1)NCCN1CCCCC1.I. The van der Waals surface area contributed by atoms with Crippen LogP contribution in [0.25, 0.3) is 0 Å². The summed E-state index contributed by atoms with van der Waals surface area (Å²) in [6.45, 7) is 11.8. The summed E-state index contributed by atoms with van der Waals surface area (Å²) in [6, 6.07) is 11.0. The fourth-order valence-corrected chi connectivity index (χ4v) is 4.03. The van der Waals surface area contributed by atoms with E-state index in [1.54, 1.807) is 0 Å². The van der Waals surface area contributed by atoms with Gasteiger partial charge in [-0.25, -0.2) is 0 Å². The zero-order valence-electron chi connectivity index (χ0n) is 17.8. The van der Waals surface area contributed by atoms with Crippen molar-refractivity contribution in [2.75, 3.05) is 65.6 Å². The van der Waals surface area contributed by atoms with Gasteiger partial charge in [-0.15, -0.1) is 24.0 Å². The van der Waals surface area contributed by atoms with Gasteiger partial charge in [-0.2, -0.15) is 0 Å². The first kappa shape index (κ1) is 24.4. The average molecular weight is 515 g/mol. The molecule has 0 amide bonds. The van der Waals surface area contributed by atoms with Crippen LogP contribution in [0, 0.1) is 0 Å². The van der Waals surface area contributed by atoms with Crippen LogP contribution in [0.5, 0.6) is 0 Å². The third kappa shape index (κ3) is 8.39. The van der Waals surface area contributed by atoms with E-state index >= 15 is 0 Å². The lowest BCUT2D eigenvalue weighted by molar-refractivity contribution is 0.0179. The van der Waals surface area contributed by atoms with Gasteiger partial charge >= 0.3 is 0 Å². The number of hydrogen-bond donors (Lipinski definition) is 2. The number of likely N-dealkylation sites (tertiary alicyclic amines) is 1. The predicted molar refractivity (Wildman–Crippen MR) is 131 cm³/mol. The molecule has 2 heterocycles. The van der Waals surface area contributed by atoms with Crippen molar-refractivity contribution in [1.82, 2.24) is 20.4 Å². The van der Waals surface area contributed by atoms with E-state index in [0.29, 0.717) is 6.04 Å². The molecule has 2 aliphatic rings. The molecule has 0 spiro atoms. The first-order valence-corrected chi connectivity index (χ1v) is 11.0. The Morgan fingerprint density at radius 1 is 1.03 bits per heavy atom. The van der Waals surface area contributed by atoms with Crippen LogP contribution in [0.2, 0.25) is 0 Å². The van der Waals surface area contributed by atoms with Crippen molar-refractivity contribution in [2.45, 2.75) is 32.2 Å². The summed E-state index contributed by atoms with van der Waals surface area (Å²) in [5.74, 6) is 0.925. The van der Waals surface area contributed by atoms with E-state index in [1.165, 1.54) is 37.9 Å². The Bertz CT molecular complexity index is 574. The molecular weight excluding hydrogens is 477 g/mol. The number of ether oxygens (including phenoxy) is 1. The zero-order chi connectivity index (χ0) is 19.4. The van der Waals surface area contributed by atoms with Crippen LogP contribution in [0.4, 0.5) is 0 Å². The van der Waals surface area contributed by atoms with Crippen LogP contribution >= 0.6 is 24.0 Å². The molecule has 29 heavy (non-hydrogen) atoms. The number of morpholine rings is 1. The van der Waals surface area contributed by atoms with Crippen molar-refractivity contribution < 1.29 is 4.74 Å². The molecule has 6 nitrogen and oxygen atoms in total. The van der Waals surface area contributed by atoms with E-state index in [4.69, 9.17) is 9.73 Å². The lowest BCUT2D eigenvalue weighted by Gasteiger charge is -2.34. The van der Waals surface area contributed by atoms with E-state index in [9.17, 15) is 0 Å². The second-order valence-electron chi connectivity index (χ2n) is 7.62. The number of halogens is 1. The van der Waals surface area contributed by atoms with Crippen LogP contribution < -0.4 is 10.6 Å². The highest BCUT2D eigenvalue weighted by atomic mass is 127. The Labute approximate surface area is 193 Å². The van der Waals surface area contributed by atoms with Gasteiger partial charge in [0.25, 0.3) is 0 Å². The van der Waals surface area contributed by atoms with Gasteiger partial charge in [0.2, 0.25) is 0 Å². The molecule has 164 valence electrons. The molecule has 2 N–H and O–H groups in total. The zero-order valence-corrected chi connectivity index (χ0v) is 20.1. The highest BCUT2D eigenvalue weighted by molar-refractivity contribution is 14.0. The third-order valence-electron chi connectivity index (χ3n) is 5.61. The highest BCUT2D eigenvalue weighted by Crippen LogP contribution is 2.22. The molecule has 2 saturated heterocycles. The van der Waals surface area contributed by atoms with Gasteiger partial charge in [0.05, 0.1) is 25.8 Å². The van der Waals surface area contributed by atoms with E-state index < -0.39 is 0 Å². The average Bonchev–Trinajstić information content (AvgIpc) is 2.76. The summed E-state index contributed by atoms with van der Waals surface area (Å²) in [5, 5.41) is 6.94. The molecule has 2 fully saturated rings. The maximum atomic E-state index is 5.55. The molecule has 2 aliphatic heterocycles. The van der Waals surface area contributed by atoms with Crippen molar-refractivity contribution in [1.29, 1.82) is 0 Å². The standard InChI is InChI=1S/C22H37N5O.HI/c1-2-23-22(24-11-14-26-12-7-4-8-13-26)25-19-21(20-9-5-3-6-10-20)27-15-17-28-18-16-27;/h3,5-6,9-10,21H,2,4,7-8,11-19H2,1H3,(H2,23,24,25);1H. The van der Waals surface area contributed by atoms with Gasteiger partial charge in [-0.1, -0.05) is 36.8 Å². The second kappa shape index (κ2) is 14.2. The molecule has 1 aromatic rings. The number of rotatable bonds is 8. The number of aliphatic imine (C=N–C) groups is 1. The number of benzene rings is 1. The summed E-state index contributed by atoms with van der Waals surface area (Å²) in [7, 11) is 0. The predicted octanol–water partition coefficient (Wildman–Crippen LogP) is 2.72. The monoisotopic (exact) mass is 515 g/mol. The number of nitrogens with one attached hydrogen (secondary N) is 2. The molecule has 0 aliphatic carbocycles. The van der Waals surface area contributed by atoms with E-state index in [2.05, 4.69) is 57.7 Å². The first-order chi connectivity index (χ1) is 13.9.